The summed E-state index contributed by atoms with van der Waals surface area (Å²) in [7, 11) is 1.93. The molecule has 2 amide bonds. The fourth-order valence-corrected chi connectivity index (χ4v) is 5.85. The molecule has 2 unspecified atom stereocenters. The van der Waals surface area contributed by atoms with Crippen molar-refractivity contribution < 1.29 is 19.1 Å². The van der Waals surface area contributed by atoms with Crippen LogP contribution in [-0.4, -0.2) is 33.6 Å². The molecule has 2 aliphatic rings. The summed E-state index contributed by atoms with van der Waals surface area (Å²) in [6.45, 7) is 4.81. The lowest BCUT2D eigenvalue weighted by Crippen LogP contribution is -2.60. The lowest BCUT2D eigenvalue weighted by Gasteiger charge is -2.50. The summed E-state index contributed by atoms with van der Waals surface area (Å²) < 4.78 is 14.7. The number of hydrogen-bond donors (Lipinski definition) is 1. The average molecular weight is 551 g/mol. The van der Waals surface area contributed by atoms with Crippen molar-refractivity contribution in [1.82, 2.24) is 14.9 Å². The molecule has 8 nitrogen and oxygen atoms in total. The van der Waals surface area contributed by atoms with Crippen LogP contribution in [0.1, 0.15) is 58.6 Å². The van der Waals surface area contributed by atoms with Crippen LogP contribution < -0.4 is 19.7 Å². The van der Waals surface area contributed by atoms with E-state index in [9.17, 15) is 9.59 Å². The van der Waals surface area contributed by atoms with Gasteiger partial charge in [-0.3, -0.25) is 14.5 Å². The van der Waals surface area contributed by atoms with Crippen LogP contribution in [0.15, 0.2) is 79.1 Å². The Labute approximate surface area is 239 Å². The number of hydrogen-bond acceptors (Lipinski definition) is 5. The topological polar surface area (TPSA) is 85.7 Å². The Morgan fingerprint density at radius 2 is 1.95 bits per heavy atom. The molecule has 6 rings (SSSR count). The zero-order valence-electron chi connectivity index (χ0n) is 23.6. The van der Waals surface area contributed by atoms with Crippen LogP contribution in [0.2, 0.25) is 0 Å². The summed E-state index contributed by atoms with van der Waals surface area (Å²) in [6, 6.07) is 21.3. The lowest BCUT2D eigenvalue weighted by molar-refractivity contribution is -0.127. The number of carbonyl (C=O) groups excluding carboxylic acids is 2. The predicted octanol–water partition coefficient (Wildman–Crippen LogP) is 5.30. The largest absolute Gasteiger partial charge is 0.482 e. The van der Waals surface area contributed by atoms with Gasteiger partial charge in [0.2, 0.25) is 5.91 Å². The number of benzene rings is 3. The molecule has 3 heterocycles. The number of ether oxygens (including phenoxy) is 2. The quantitative estimate of drug-likeness (QED) is 0.322. The van der Waals surface area contributed by atoms with Crippen LogP contribution in [0.5, 0.6) is 11.5 Å². The van der Waals surface area contributed by atoms with Crippen LogP contribution in [-0.2, 0) is 24.9 Å². The molecule has 2 atom stereocenters. The molecule has 1 fully saturated rings. The Hall–Kier alpha value is -4.59. The van der Waals surface area contributed by atoms with E-state index in [1.165, 1.54) is 11.1 Å². The second-order valence-corrected chi connectivity index (χ2v) is 11.1. The number of anilines is 1. The number of para-hydroxylation sites is 1. The summed E-state index contributed by atoms with van der Waals surface area (Å²) >= 11 is 0. The number of aryl methyl sites for hydroxylation is 2. The second-order valence-electron chi connectivity index (χ2n) is 11.1. The van der Waals surface area contributed by atoms with Gasteiger partial charge in [0, 0.05) is 61.6 Å². The minimum atomic E-state index is -0.934. The van der Waals surface area contributed by atoms with Gasteiger partial charge >= 0.3 is 0 Å². The van der Waals surface area contributed by atoms with E-state index in [0.717, 1.165) is 17.8 Å². The van der Waals surface area contributed by atoms with Gasteiger partial charge < -0.3 is 19.4 Å². The van der Waals surface area contributed by atoms with E-state index >= 15 is 0 Å². The molecule has 0 aliphatic carbocycles. The molecule has 0 spiro atoms. The van der Waals surface area contributed by atoms with Gasteiger partial charge in [-0.2, -0.15) is 0 Å². The van der Waals surface area contributed by atoms with Crippen molar-refractivity contribution in [3.05, 3.63) is 107 Å². The molecule has 1 N–H and O–H groups in total. The van der Waals surface area contributed by atoms with Crippen LogP contribution >= 0.6 is 0 Å². The highest BCUT2D eigenvalue weighted by Crippen LogP contribution is 2.52. The van der Waals surface area contributed by atoms with E-state index < -0.39 is 5.72 Å². The van der Waals surface area contributed by atoms with Gasteiger partial charge in [0.15, 0.2) is 17.2 Å². The van der Waals surface area contributed by atoms with Crippen LogP contribution in [0, 0.1) is 6.92 Å². The first-order valence-corrected chi connectivity index (χ1v) is 14.0. The number of piperidine rings is 1. The Balaban J connectivity index is 1.20. The first-order valence-electron chi connectivity index (χ1n) is 14.0. The zero-order chi connectivity index (χ0) is 28.6. The molecule has 0 saturated carbocycles. The number of nitrogens with one attached hydrogen (secondary N) is 1. The van der Waals surface area contributed by atoms with Gasteiger partial charge in [-0.15, -0.1) is 0 Å². The molecule has 2 bridgehead atoms. The number of rotatable bonds is 8. The van der Waals surface area contributed by atoms with Crippen molar-refractivity contribution in [3.8, 4) is 11.5 Å². The Morgan fingerprint density at radius 3 is 2.73 bits per heavy atom. The highest BCUT2D eigenvalue weighted by atomic mass is 16.5. The number of fused-ring (bicyclic) bond motifs is 4. The number of nitrogens with zero attached hydrogens (tertiary/aromatic N) is 3. The molecule has 2 aliphatic heterocycles. The summed E-state index contributed by atoms with van der Waals surface area (Å²) in [5.74, 6) is 1.88. The first-order chi connectivity index (χ1) is 19.8. The number of carbonyl (C=O) groups is 2. The molecule has 0 radical (unpaired) electrons. The molecule has 3 aromatic carbocycles. The van der Waals surface area contributed by atoms with Crippen LogP contribution in [0.3, 0.4) is 0 Å². The van der Waals surface area contributed by atoms with Gasteiger partial charge in [0.1, 0.15) is 12.4 Å². The minimum Gasteiger partial charge on any atom is -0.482 e. The molecule has 1 aromatic heterocycles. The highest BCUT2D eigenvalue weighted by molar-refractivity contribution is 5.99. The zero-order valence-corrected chi connectivity index (χ0v) is 23.6. The van der Waals surface area contributed by atoms with Crippen LogP contribution in [0.25, 0.3) is 0 Å². The Morgan fingerprint density at radius 1 is 1.15 bits per heavy atom. The average Bonchev–Trinajstić information content (AvgIpc) is 3.37. The van der Waals surface area contributed by atoms with E-state index in [1.807, 2.05) is 55.1 Å². The van der Waals surface area contributed by atoms with E-state index in [2.05, 4.69) is 41.5 Å². The van der Waals surface area contributed by atoms with Gasteiger partial charge in [-0.05, 0) is 50.1 Å². The molecular weight excluding hydrogens is 516 g/mol. The number of imidazole rings is 1. The second kappa shape index (κ2) is 10.8. The van der Waals surface area contributed by atoms with E-state index in [-0.39, 0.29) is 17.7 Å². The van der Waals surface area contributed by atoms with Crippen molar-refractivity contribution in [2.75, 3.05) is 11.4 Å². The van der Waals surface area contributed by atoms with Crippen LogP contribution in [0.4, 0.5) is 5.69 Å². The minimum absolute atomic E-state index is 0.0115. The van der Waals surface area contributed by atoms with Crippen molar-refractivity contribution in [1.29, 1.82) is 0 Å². The summed E-state index contributed by atoms with van der Waals surface area (Å²) in [4.78, 5) is 32.6. The first kappa shape index (κ1) is 26.6. The van der Waals surface area contributed by atoms with Gasteiger partial charge in [-0.1, -0.05) is 48.0 Å². The molecule has 8 heteroatoms. The predicted molar refractivity (Wildman–Crippen MR) is 156 cm³/mol. The summed E-state index contributed by atoms with van der Waals surface area (Å²) in [6.07, 6.45) is 5.35. The standard InChI is InChI=1S/C33H34N4O4/c1-22-10-12-23(13-11-22)14-15-35-32(39)24-6-4-7-26(18-24)37-30(38)19-25-20-33(37,2)41-31-27(25)8-5-9-28(31)40-21-29-34-16-17-36(29)3/h4-13,16-18,25H,14-15,19-21H2,1-3H3,(H,35,39). The van der Waals surface area contributed by atoms with Crippen molar-refractivity contribution in [3.63, 3.8) is 0 Å². The normalized spacial score (nSPS) is 19.3. The number of amides is 2. The fraction of sp³-hybridized carbons (Fsp3) is 0.303. The molecule has 41 heavy (non-hydrogen) atoms. The van der Waals surface area contributed by atoms with E-state index in [1.54, 1.807) is 23.2 Å². The maximum atomic E-state index is 13.6. The van der Waals surface area contributed by atoms with Crippen molar-refractivity contribution in [2.45, 2.75) is 51.4 Å². The van der Waals surface area contributed by atoms with E-state index in [0.29, 0.717) is 48.7 Å². The third kappa shape index (κ3) is 5.29. The Kier molecular flexibility index (Phi) is 6.99. The van der Waals surface area contributed by atoms with Gasteiger partial charge in [0.25, 0.3) is 5.91 Å². The Bertz CT molecular complexity index is 1600. The van der Waals surface area contributed by atoms with Crippen molar-refractivity contribution >= 4 is 17.5 Å². The maximum Gasteiger partial charge on any atom is 0.251 e. The maximum absolute atomic E-state index is 13.6. The fourth-order valence-electron chi connectivity index (χ4n) is 5.85. The number of aromatic nitrogens is 2. The third-order valence-corrected chi connectivity index (χ3v) is 8.00. The molecule has 210 valence electrons. The lowest BCUT2D eigenvalue weighted by atomic mass is 9.80. The summed E-state index contributed by atoms with van der Waals surface area (Å²) in [5.41, 5.74) is 3.56. The van der Waals surface area contributed by atoms with Crippen molar-refractivity contribution in [2.24, 2.45) is 7.05 Å². The SMILES string of the molecule is Cc1ccc(CCNC(=O)c2cccc(N3C(=O)CC4CC3(C)Oc3c(OCc5nccn5C)cccc34)c2)cc1. The highest BCUT2D eigenvalue weighted by Gasteiger charge is 2.50. The molecular formula is C33H34N4O4. The van der Waals surface area contributed by atoms with Gasteiger partial charge in [-0.25, -0.2) is 4.98 Å². The molecule has 4 aromatic rings. The monoisotopic (exact) mass is 550 g/mol. The summed E-state index contributed by atoms with van der Waals surface area (Å²) in [5, 5.41) is 3.01. The van der Waals surface area contributed by atoms with Gasteiger partial charge in [0.05, 0.1) is 0 Å². The molecule has 1 saturated heterocycles. The van der Waals surface area contributed by atoms with E-state index in [4.69, 9.17) is 9.47 Å². The third-order valence-electron chi connectivity index (χ3n) is 8.00. The smallest absolute Gasteiger partial charge is 0.251 e.